The molecule has 0 aliphatic heterocycles. The van der Waals surface area contributed by atoms with Gasteiger partial charge >= 0.3 is 0 Å². The number of hydrogen-bond acceptors (Lipinski definition) is 3. The standard InChI is InChI=1S/C15H19N3/c1-2-3-5-8-13-11-16-15(17-12-13)18-14-9-6-4-7-10-14/h4,6-7,9-12H,2-3,5,8H2,1H3,(H,16,17,18). The summed E-state index contributed by atoms with van der Waals surface area (Å²) >= 11 is 0. The third-order valence-electron chi connectivity index (χ3n) is 2.80. The van der Waals surface area contributed by atoms with Crippen LogP contribution in [0.1, 0.15) is 31.7 Å². The highest BCUT2D eigenvalue weighted by Crippen LogP contribution is 2.12. The molecule has 0 fully saturated rings. The van der Waals surface area contributed by atoms with Crippen LogP contribution in [-0.4, -0.2) is 9.97 Å². The van der Waals surface area contributed by atoms with E-state index in [0.717, 1.165) is 12.1 Å². The Labute approximate surface area is 108 Å². The zero-order valence-electron chi connectivity index (χ0n) is 10.8. The lowest BCUT2D eigenvalue weighted by Crippen LogP contribution is -1.98. The monoisotopic (exact) mass is 241 g/mol. The molecule has 0 aliphatic rings. The van der Waals surface area contributed by atoms with Crippen LogP contribution in [0.4, 0.5) is 11.6 Å². The number of rotatable bonds is 6. The molecular weight excluding hydrogens is 222 g/mol. The second-order valence-electron chi connectivity index (χ2n) is 4.36. The van der Waals surface area contributed by atoms with Gasteiger partial charge < -0.3 is 5.32 Å². The summed E-state index contributed by atoms with van der Waals surface area (Å²) in [5, 5.41) is 3.18. The molecule has 2 rings (SSSR count). The Morgan fingerprint density at radius 3 is 2.39 bits per heavy atom. The van der Waals surface area contributed by atoms with Crippen LogP contribution in [0.2, 0.25) is 0 Å². The van der Waals surface area contributed by atoms with Gasteiger partial charge in [-0.15, -0.1) is 0 Å². The fraction of sp³-hybridized carbons (Fsp3) is 0.333. The van der Waals surface area contributed by atoms with Crippen LogP contribution in [0, 0.1) is 0 Å². The Kier molecular flexibility index (Phi) is 4.70. The maximum Gasteiger partial charge on any atom is 0.227 e. The van der Waals surface area contributed by atoms with Crippen LogP contribution in [0.25, 0.3) is 0 Å². The molecule has 1 aromatic carbocycles. The normalized spacial score (nSPS) is 10.3. The van der Waals surface area contributed by atoms with Crippen molar-refractivity contribution in [3.05, 3.63) is 48.3 Å². The van der Waals surface area contributed by atoms with Crippen LogP contribution < -0.4 is 5.32 Å². The SMILES string of the molecule is CCCCCc1cnc(Nc2ccccc2)nc1. The molecule has 0 radical (unpaired) electrons. The van der Waals surface area contributed by atoms with Gasteiger partial charge in [-0.05, 0) is 30.5 Å². The van der Waals surface area contributed by atoms with E-state index in [4.69, 9.17) is 0 Å². The summed E-state index contributed by atoms with van der Waals surface area (Å²) in [7, 11) is 0. The Hall–Kier alpha value is -1.90. The van der Waals surface area contributed by atoms with Crippen molar-refractivity contribution in [3.63, 3.8) is 0 Å². The third-order valence-corrected chi connectivity index (χ3v) is 2.80. The average molecular weight is 241 g/mol. The van der Waals surface area contributed by atoms with Crippen molar-refractivity contribution < 1.29 is 0 Å². The molecule has 1 heterocycles. The third kappa shape index (κ3) is 3.84. The highest BCUT2D eigenvalue weighted by atomic mass is 15.1. The lowest BCUT2D eigenvalue weighted by atomic mass is 10.1. The fourth-order valence-corrected chi connectivity index (χ4v) is 1.78. The van der Waals surface area contributed by atoms with Crippen molar-refractivity contribution in [2.45, 2.75) is 32.6 Å². The molecule has 94 valence electrons. The van der Waals surface area contributed by atoms with E-state index in [0.29, 0.717) is 5.95 Å². The molecule has 1 aromatic heterocycles. The van der Waals surface area contributed by atoms with Crippen LogP contribution in [0.15, 0.2) is 42.7 Å². The van der Waals surface area contributed by atoms with E-state index in [1.807, 2.05) is 42.7 Å². The Bertz CT molecular complexity index is 451. The molecule has 3 nitrogen and oxygen atoms in total. The summed E-state index contributed by atoms with van der Waals surface area (Å²) in [5.41, 5.74) is 2.22. The number of benzene rings is 1. The van der Waals surface area contributed by atoms with Gasteiger partial charge in [0.05, 0.1) is 0 Å². The smallest absolute Gasteiger partial charge is 0.227 e. The minimum Gasteiger partial charge on any atom is -0.324 e. The van der Waals surface area contributed by atoms with Crippen molar-refractivity contribution in [1.82, 2.24) is 9.97 Å². The van der Waals surface area contributed by atoms with E-state index in [1.165, 1.54) is 24.8 Å². The molecular formula is C15H19N3. The zero-order chi connectivity index (χ0) is 12.6. The molecule has 0 aliphatic carbocycles. The van der Waals surface area contributed by atoms with E-state index in [-0.39, 0.29) is 0 Å². The van der Waals surface area contributed by atoms with Crippen LogP contribution in [0.3, 0.4) is 0 Å². The number of para-hydroxylation sites is 1. The summed E-state index contributed by atoms with van der Waals surface area (Å²) in [4.78, 5) is 8.66. The van der Waals surface area contributed by atoms with Gasteiger partial charge in [-0.1, -0.05) is 38.0 Å². The lowest BCUT2D eigenvalue weighted by Gasteiger charge is -2.05. The number of aromatic nitrogens is 2. The molecule has 0 saturated carbocycles. The van der Waals surface area contributed by atoms with E-state index in [1.54, 1.807) is 0 Å². The number of aryl methyl sites for hydroxylation is 1. The Balaban J connectivity index is 1.91. The summed E-state index contributed by atoms with van der Waals surface area (Å²) in [5.74, 6) is 0.653. The van der Waals surface area contributed by atoms with E-state index in [9.17, 15) is 0 Å². The highest BCUT2D eigenvalue weighted by molar-refractivity contribution is 5.52. The topological polar surface area (TPSA) is 37.8 Å². The van der Waals surface area contributed by atoms with E-state index < -0.39 is 0 Å². The number of nitrogens with zero attached hydrogens (tertiary/aromatic N) is 2. The molecule has 18 heavy (non-hydrogen) atoms. The molecule has 1 N–H and O–H groups in total. The van der Waals surface area contributed by atoms with Gasteiger partial charge in [0, 0.05) is 18.1 Å². The lowest BCUT2D eigenvalue weighted by molar-refractivity contribution is 0.714. The van der Waals surface area contributed by atoms with Crippen LogP contribution in [0.5, 0.6) is 0 Å². The first-order valence-corrected chi connectivity index (χ1v) is 6.51. The van der Waals surface area contributed by atoms with Crippen molar-refractivity contribution >= 4 is 11.6 Å². The molecule has 0 bridgehead atoms. The van der Waals surface area contributed by atoms with Gasteiger partial charge in [-0.25, -0.2) is 9.97 Å². The van der Waals surface area contributed by atoms with Crippen molar-refractivity contribution in [2.75, 3.05) is 5.32 Å². The predicted molar refractivity (Wildman–Crippen MR) is 75.0 cm³/mol. The maximum absolute atomic E-state index is 4.33. The molecule has 3 heteroatoms. The summed E-state index contributed by atoms with van der Waals surface area (Å²) in [6.07, 6.45) is 8.62. The van der Waals surface area contributed by atoms with Gasteiger partial charge in [0.2, 0.25) is 5.95 Å². The van der Waals surface area contributed by atoms with Crippen molar-refractivity contribution in [2.24, 2.45) is 0 Å². The largest absolute Gasteiger partial charge is 0.324 e. The van der Waals surface area contributed by atoms with Gasteiger partial charge in [-0.3, -0.25) is 0 Å². The minimum absolute atomic E-state index is 0.653. The van der Waals surface area contributed by atoms with Gasteiger partial charge in [-0.2, -0.15) is 0 Å². The molecule has 0 unspecified atom stereocenters. The number of anilines is 2. The second kappa shape index (κ2) is 6.74. The first-order valence-electron chi connectivity index (χ1n) is 6.51. The quantitative estimate of drug-likeness (QED) is 0.778. The zero-order valence-corrected chi connectivity index (χ0v) is 10.8. The number of nitrogens with one attached hydrogen (secondary N) is 1. The highest BCUT2D eigenvalue weighted by Gasteiger charge is 1.98. The van der Waals surface area contributed by atoms with Crippen molar-refractivity contribution in [3.8, 4) is 0 Å². The molecule has 0 saturated heterocycles. The van der Waals surface area contributed by atoms with E-state index in [2.05, 4.69) is 22.2 Å². The summed E-state index contributed by atoms with van der Waals surface area (Å²) in [6, 6.07) is 9.96. The van der Waals surface area contributed by atoms with Gasteiger partial charge in [0.25, 0.3) is 0 Å². The van der Waals surface area contributed by atoms with Gasteiger partial charge in [0.1, 0.15) is 0 Å². The van der Waals surface area contributed by atoms with Crippen LogP contribution in [-0.2, 0) is 6.42 Å². The molecule has 0 spiro atoms. The fourth-order valence-electron chi connectivity index (χ4n) is 1.78. The molecule has 0 amide bonds. The summed E-state index contributed by atoms with van der Waals surface area (Å²) in [6.45, 7) is 2.21. The Morgan fingerprint density at radius 2 is 1.72 bits per heavy atom. The number of hydrogen-bond donors (Lipinski definition) is 1. The predicted octanol–water partition coefficient (Wildman–Crippen LogP) is 3.95. The first-order chi connectivity index (χ1) is 8.88. The van der Waals surface area contributed by atoms with Crippen molar-refractivity contribution in [1.29, 1.82) is 0 Å². The first kappa shape index (κ1) is 12.6. The minimum atomic E-state index is 0.653. The Morgan fingerprint density at radius 1 is 1.00 bits per heavy atom. The van der Waals surface area contributed by atoms with Gasteiger partial charge in [0.15, 0.2) is 0 Å². The van der Waals surface area contributed by atoms with E-state index >= 15 is 0 Å². The number of unbranched alkanes of at least 4 members (excludes halogenated alkanes) is 2. The molecule has 2 aromatic rings. The average Bonchev–Trinajstić information content (AvgIpc) is 2.42. The second-order valence-corrected chi connectivity index (χ2v) is 4.36. The molecule has 0 atom stereocenters. The summed E-state index contributed by atoms with van der Waals surface area (Å²) < 4.78 is 0. The van der Waals surface area contributed by atoms with Crippen LogP contribution >= 0.6 is 0 Å². The maximum atomic E-state index is 4.33.